The molecule has 108 valence electrons. The van der Waals surface area contributed by atoms with Crippen LogP contribution in [0.2, 0.25) is 0 Å². The van der Waals surface area contributed by atoms with Gasteiger partial charge in [-0.15, -0.1) is 0 Å². The molecule has 0 unspecified atom stereocenters. The molecule has 0 bridgehead atoms. The Kier molecular flexibility index (Phi) is 4.61. The number of anilines is 1. The van der Waals surface area contributed by atoms with Crippen LogP contribution in [0.15, 0.2) is 18.2 Å². The van der Waals surface area contributed by atoms with Gasteiger partial charge in [0.25, 0.3) is 0 Å². The molecular weight excluding hydrogens is 253 g/mol. The minimum absolute atomic E-state index is 0.308. The molecule has 0 aromatic heterocycles. The van der Waals surface area contributed by atoms with Gasteiger partial charge in [0.05, 0.1) is 17.3 Å². The normalized spacial score (nSPS) is 17.2. The summed E-state index contributed by atoms with van der Waals surface area (Å²) in [7, 11) is 1.94. The summed E-state index contributed by atoms with van der Waals surface area (Å²) in [6.07, 6.45) is 2.10. The minimum atomic E-state index is -0.308. The first-order valence-corrected chi connectivity index (χ1v) is 7.19. The van der Waals surface area contributed by atoms with Crippen LogP contribution in [0, 0.1) is 17.1 Å². The van der Waals surface area contributed by atoms with E-state index in [4.69, 9.17) is 5.26 Å². The molecule has 20 heavy (non-hydrogen) atoms. The highest BCUT2D eigenvalue weighted by Crippen LogP contribution is 2.25. The molecule has 1 saturated heterocycles. The summed E-state index contributed by atoms with van der Waals surface area (Å²) in [6, 6.07) is 7.62. The number of hydrogen-bond acceptors (Lipinski definition) is 3. The fourth-order valence-corrected chi connectivity index (χ4v) is 2.85. The minimum Gasteiger partial charge on any atom is -0.369 e. The van der Waals surface area contributed by atoms with Gasteiger partial charge in [-0.2, -0.15) is 5.26 Å². The van der Waals surface area contributed by atoms with Crippen molar-refractivity contribution < 1.29 is 4.39 Å². The number of rotatable bonds is 3. The highest BCUT2D eigenvalue weighted by atomic mass is 19.1. The number of nitriles is 1. The van der Waals surface area contributed by atoms with Gasteiger partial charge in [0.1, 0.15) is 5.82 Å². The van der Waals surface area contributed by atoms with Crippen LogP contribution in [0.1, 0.15) is 32.3 Å². The molecule has 0 aliphatic carbocycles. The third-order valence-electron chi connectivity index (χ3n) is 4.23. The highest BCUT2D eigenvalue weighted by molar-refractivity contribution is 5.51. The van der Waals surface area contributed by atoms with E-state index in [2.05, 4.69) is 18.7 Å². The van der Waals surface area contributed by atoms with E-state index in [1.807, 2.05) is 18.0 Å². The maximum absolute atomic E-state index is 14.0. The second kappa shape index (κ2) is 6.23. The van der Waals surface area contributed by atoms with Crippen molar-refractivity contribution >= 4 is 5.69 Å². The molecule has 1 aromatic carbocycles. The van der Waals surface area contributed by atoms with Crippen molar-refractivity contribution in [3.05, 3.63) is 29.6 Å². The maximum atomic E-state index is 14.0. The smallest absolute Gasteiger partial charge is 0.147 e. The van der Waals surface area contributed by atoms with E-state index < -0.39 is 0 Å². The van der Waals surface area contributed by atoms with Gasteiger partial charge in [0.2, 0.25) is 0 Å². The summed E-state index contributed by atoms with van der Waals surface area (Å²) in [6.45, 7) is 6.55. The molecule has 1 heterocycles. The first-order valence-electron chi connectivity index (χ1n) is 7.19. The molecule has 1 fully saturated rings. The zero-order chi connectivity index (χ0) is 14.7. The topological polar surface area (TPSA) is 30.3 Å². The quantitative estimate of drug-likeness (QED) is 0.849. The number of benzene rings is 1. The molecule has 0 N–H and O–H groups in total. The first-order chi connectivity index (χ1) is 9.52. The first kappa shape index (κ1) is 14.8. The van der Waals surface area contributed by atoms with Gasteiger partial charge < -0.3 is 9.80 Å². The number of piperidine rings is 1. The van der Waals surface area contributed by atoms with Gasteiger partial charge in [-0.25, -0.2) is 4.39 Å². The lowest BCUT2D eigenvalue weighted by Crippen LogP contribution is -2.45. The van der Waals surface area contributed by atoms with E-state index >= 15 is 0 Å². The van der Waals surface area contributed by atoms with Crippen LogP contribution in [0.5, 0.6) is 0 Å². The van der Waals surface area contributed by atoms with Crippen molar-refractivity contribution in [2.45, 2.75) is 38.8 Å². The van der Waals surface area contributed by atoms with Crippen LogP contribution in [-0.4, -0.2) is 37.1 Å². The molecule has 4 heteroatoms. The van der Waals surface area contributed by atoms with Crippen molar-refractivity contribution in [2.24, 2.45) is 0 Å². The molecular formula is C16H22FN3. The van der Waals surface area contributed by atoms with Gasteiger partial charge in [0.15, 0.2) is 0 Å². The zero-order valence-corrected chi connectivity index (χ0v) is 12.4. The Morgan fingerprint density at radius 2 is 2.00 bits per heavy atom. The SMILES string of the molecule is CC(C)N1CCC(N(C)c2ccc(C#N)cc2F)CC1. The van der Waals surface area contributed by atoms with E-state index in [9.17, 15) is 4.39 Å². The van der Waals surface area contributed by atoms with E-state index in [1.54, 1.807) is 12.1 Å². The Morgan fingerprint density at radius 1 is 1.35 bits per heavy atom. The van der Waals surface area contributed by atoms with Crippen molar-refractivity contribution in [1.29, 1.82) is 5.26 Å². The fourth-order valence-electron chi connectivity index (χ4n) is 2.85. The Labute approximate surface area is 120 Å². The van der Waals surface area contributed by atoms with Crippen LogP contribution < -0.4 is 4.90 Å². The summed E-state index contributed by atoms with van der Waals surface area (Å²) in [5.74, 6) is -0.308. The molecule has 1 aliphatic rings. The average molecular weight is 275 g/mol. The van der Waals surface area contributed by atoms with Crippen LogP contribution >= 0.6 is 0 Å². The standard InChI is InChI=1S/C16H22FN3/c1-12(2)20-8-6-14(7-9-20)19(3)16-5-4-13(11-18)10-15(16)17/h4-5,10,12,14H,6-9H2,1-3H3. The van der Waals surface area contributed by atoms with Gasteiger partial charge in [-0.3, -0.25) is 0 Å². The molecule has 2 rings (SSSR count). The Bertz CT molecular complexity index is 499. The lowest BCUT2D eigenvalue weighted by atomic mass is 10.0. The fraction of sp³-hybridized carbons (Fsp3) is 0.562. The lowest BCUT2D eigenvalue weighted by molar-refractivity contribution is 0.171. The highest BCUT2D eigenvalue weighted by Gasteiger charge is 2.25. The molecule has 3 nitrogen and oxygen atoms in total. The van der Waals surface area contributed by atoms with Crippen molar-refractivity contribution in [1.82, 2.24) is 4.90 Å². The molecule has 0 saturated carbocycles. The number of hydrogen-bond donors (Lipinski definition) is 0. The van der Waals surface area contributed by atoms with E-state index in [-0.39, 0.29) is 5.82 Å². The van der Waals surface area contributed by atoms with E-state index in [0.29, 0.717) is 23.3 Å². The molecule has 0 spiro atoms. The van der Waals surface area contributed by atoms with E-state index in [0.717, 1.165) is 25.9 Å². The number of nitrogens with zero attached hydrogens (tertiary/aromatic N) is 3. The predicted octanol–water partition coefficient (Wildman–Crippen LogP) is 3.01. The second-order valence-electron chi connectivity index (χ2n) is 5.75. The molecule has 1 aliphatic heterocycles. The van der Waals surface area contributed by atoms with Gasteiger partial charge in [0, 0.05) is 32.2 Å². The van der Waals surface area contributed by atoms with Crippen LogP contribution in [0.3, 0.4) is 0 Å². The van der Waals surface area contributed by atoms with Gasteiger partial charge in [-0.05, 0) is 44.9 Å². The maximum Gasteiger partial charge on any atom is 0.147 e. The summed E-state index contributed by atoms with van der Waals surface area (Å²) < 4.78 is 14.0. The summed E-state index contributed by atoms with van der Waals surface area (Å²) in [5, 5.41) is 8.79. The van der Waals surface area contributed by atoms with Crippen LogP contribution in [-0.2, 0) is 0 Å². The van der Waals surface area contributed by atoms with Gasteiger partial charge in [-0.1, -0.05) is 0 Å². The Hall–Kier alpha value is -1.60. The molecule has 0 amide bonds. The number of halogens is 1. The Morgan fingerprint density at radius 3 is 2.50 bits per heavy atom. The summed E-state index contributed by atoms with van der Waals surface area (Å²) in [4.78, 5) is 4.48. The lowest BCUT2D eigenvalue weighted by Gasteiger charge is -2.39. The summed E-state index contributed by atoms with van der Waals surface area (Å²) in [5.41, 5.74) is 0.960. The van der Waals surface area contributed by atoms with Gasteiger partial charge >= 0.3 is 0 Å². The monoisotopic (exact) mass is 275 g/mol. The van der Waals surface area contributed by atoms with Crippen LogP contribution in [0.25, 0.3) is 0 Å². The molecule has 1 aromatic rings. The average Bonchev–Trinajstić information content (AvgIpc) is 2.46. The molecule has 0 radical (unpaired) electrons. The largest absolute Gasteiger partial charge is 0.369 e. The third-order valence-corrected chi connectivity index (χ3v) is 4.23. The number of likely N-dealkylation sites (tertiary alicyclic amines) is 1. The zero-order valence-electron chi connectivity index (χ0n) is 12.4. The van der Waals surface area contributed by atoms with E-state index in [1.165, 1.54) is 6.07 Å². The summed E-state index contributed by atoms with van der Waals surface area (Å²) >= 11 is 0. The molecule has 0 atom stereocenters. The van der Waals surface area contributed by atoms with Crippen molar-refractivity contribution in [3.63, 3.8) is 0 Å². The van der Waals surface area contributed by atoms with Crippen LogP contribution in [0.4, 0.5) is 10.1 Å². The van der Waals surface area contributed by atoms with Crippen molar-refractivity contribution in [3.8, 4) is 6.07 Å². The Balaban J connectivity index is 2.06. The third kappa shape index (κ3) is 3.10. The predicted molar refractivity (Wildman–Crippen MR) is 79.2 cm³/mol. The van der Waals surface area contributed by atoms with Crippen molar-refractivity contribution in [2.75, 3.05) is 25.0 Å². The second-order valence-corrected chi connectivity index (χ2v) is 5.75.